The number of amides is 3. The average molecular weight is 504 g/mol. The third kappa shape index (κ3) is 4.78. The fourth-order valence-corrected chi connectivity index (χ4v) is 5.86. The van der Waals surface area contributed by atoms with Gasteiger partial charge in [-0.1, -0.05) is 23.9 Å². The minimum absolute atomic E-state index is 0.0619. The van der Waals surface area contributed by atoms with Gasteiger partial charge in [0.05, 0.1) is 6.20 Å². The van der Waals surface area contributed by atoms with Crippen LogP contribution >= 0.6 is 23.5 Å². The SMILES string of the molecule is CC(=O)Nc1ccc(C(N)C(=O)NC2C(=O)N3C(C(=O)O)=C(CSc4cn[nH]n4)CS[C@@H]23)cc1. The number of rotatable bonds is 8. The number of aromatic nitrogens is 3. The van der Waals surface area contributed by atoms with Crippen molar-refractivity contribution in [1.29, 1.82) is 0 Å². The molecule has 1 aromatic heterocycles. The van der Waals surface area contributed by atoms with Gasteiger partial charge < -0.3 is 21.5 Å². The Bertz CT molecular complexity index is 1150. The fraction of sp³-hybridized carbons (Fsp3) is 0.300. The minimum Gasteiger partial charge on any atom is -0.477 e. The van der Waals surface area contributed by atoms with E-state index in [4.69, 9.17) is 5.73 Å². The van der Waals surface area contributed by atoms with Gasteiger partial charge in [-0.15, -0.1) is 16.9 Å². The van der Waals surface area contributed by atoms with E-state index < -0.39 is 35.2 Å². The number of nitrogens with zero attached hydrogens (tertiary/aromatic N) is 3. The number of carbonyl (C=O) groups is 4. The van der Waals surface area contributed by atoms with E-state index in [1.807, 2.05) is 0 Å². The van der Waals surface area contributed by atoms with Crippen LogP contribution in [0.2, 0.25) is 0 Å². The molecule has 4 rings (SSSR count). The Hall–Kier alpha value is -3.36. The summed E-state index contributed by atoms with van der Waals surface area (Å²) in [7, 11) is 0. The van der Waals surface area contributed by atoms with Crippen molar-refractivity contribution in [2.24, 2.45) is 5.73 Å². The molecule has 0 aliphatic carbocycles. The van der Waals surface area contributed by atoms with Crippen LogP contribution in [0.3, 0.4) is 0 Å². The van der Waals surface area contributed by atoms with E-state index in [0.29, 0.717) is 33.4 Å². The topological polar surface area (TPSA) is 183 Å². The quantitative estimate of drug-likeness (QED) is 0.248. The number of carboxylic acids is 1. The third-order valence-corrected chi connectivity index (χ3v) is 7.53. The number of anilines is 1. The number of aromatic amines is 1. The summed E-state index contributed by atoms with van der Waals surface area (Å²) in [5, 5.41) is 25.2. The van der Waals surface area contributed by atoms with Gasteiger partial charge in [-0.25, -0.2) is 4.79 Å². The molecular formula is C20H21N7O5S2. The number of H-pyrrole nitrogens is 1. The number of carbonyl (C=O) groups excluding carboxylic acids is 3. The number of carboxylic acid groups (broad SMARTS) is 1. The first-order valence-corrected chi connectivity index (χ1v) is 12.1. The van der Waals surface area contributed by atoms with Crippen molar-refractivity contribution in [2.75, 3.05) is 16.8 Å². The highest BCUT2D eigenvalue weighted by Gasteiger charge is 2.54. The second-order valence-corrected chi connectivity index (χ2v) is 9.63. The molecule has 6 N–H and O–H groups in total. The maximum Gasteiger partial charge on any atom is 0.352 e. The molecule has 0 radical (unpaired) electrons. The maximum atomic E-state index is 12.8. The first-order chi connectivity index (χ1) is 16.3. The normalized spacial score (nSPS) is 20.3. The zero-order valence-corrected chi connectivity index (χ0v) is 19.5. The predicted molar refractivity (Wildman–Crippen MR) is 124 cm³/mol. The number of aliphatic carboxylic acids is 1. The molecule has 2 unspecified atom stereocenters. The number of β-lactam (4-membered cyclic amide) rings is 1. The van der Waals surface area contributed by atoms with Gasteiger partial charge in [-0.2, -0.15) is 10.3 Å². The third-order valence-electron chi connectivity index (χ3n) is 5.21. The Morgan fingerprint density at radius 3 is 2.71 bits per heavy atom. The Morgan fingerprint density at radius 1 is 1.35 bits per heavy atom. The number of fused-ring (bicyclic) bond motifs is 1. The largest absolute Gasteiger partial charge is 0.477 e. The summed E-state index contributed by atoms with van der Waals surface area (Å²) < 4.78 is 0. The summed E-state index contributed by atoms with van der Waals surface area (Å²) in [6, 6.07) is 4.57. The number of benzene rings is 1. The Kier molecular flexibility index (Phi) is 6.90. The molecule has 178 valence electrons. The number of nitrogens with one attached hydrogen (secondary N) is 3. The summed E-state index contributed by atoms with van der Waals surface area (Å²) in [6.45, 7) is 1.39. The highest BCUT2D eigenvalue weighted by molar-refractivity contribution is 8.01. The Labute approximate surface area is 202 Å². The molecule has 3 amide bonds. The molecule has 14 heteroatoms. The highest BCUT2D eigenvalue weighted by Crippen LogP contribution is 2.41. The molecule has 3 atom stereocenters. The second-order valence-electron chi connectivity index (χ2n) is 7.53. The van der Waals surface area contributed by atoms with E-state index >= 15 is 0 Å². The van der Waals surface area contributed by atoms with Crippen molar-refractivity contribution in [2.45, 2.75) is 29.4 Å². The number of nitrogens with two attached hydrogens (primary N) is 1. The maximum absolute atomic E-state index is 12.8. The van der Waals surface area contributed by atoms with Gasteiger partial charge in [0.2, 0.25) is 11.8 Å². The van der Waals surface area contributed by atoms with Crippen LogP contribution in [-0.2, 0) is 19.2 Å². The smallest absolute Gasteiger partial charge is 0.352 e. The van der Waals surface area contributed by atoms with E-state index in [0.717, 1.165) is 0 Å². The van der Waals surface area contributed by atoms with Crippen LogP contribution in [0, 0.1) is 0 Å². The number of hydrogen-bond acceptors (Lipinski definition) is 9. The summed E-state index contributed by atoms with van der Waals surface area (Å²) in [5.74, 6) is -1.74. The van der Waals surface area contributed by atoms with Gasteiger partial charge >= 0.3 is 5.97 Å². The molecular weight excluding hydrogens is 482 g/mol. The molecule has 3 heterocycles. The molecule has 2 aliphatic rings. The molecule has 12 nitrogen and oxygen atoms in total. The fourth-order valence-electron chi connectivity index (χ4n) is 3.59. The predicted octanol–water partition coefficient (Wildman–Crippen LogP) is 0.294. The van der Waals surface area contributed by atoms with Crippen LogP contribution < -0.4 is 16.4 Å². The van der Waals surface area contributed by atoms with Crippen molar-refractivity contribution < 1.29 is 24.3 Å². The molecule has 0 spiro atoms. The molecule has 1 aromatic carbocycles. The second kappa shape index (κ2) is 9.87. The molecule has 1 fully saturated rings. The number of thioether (sulfide) groups is 2. The molecule has 2 aromatic rings. The lowest BCUT2D eigenvalue weighted by molar-refractivity contribution is -0.150. The molecule has 0 saturated carbocycles. The van der Waals surface area contributed by atoms with E-state index in [1.54, 1.807) is 24.3 Å². The summed E-state index contributed by atoms with van der Waals surface area (Å²) in [6.07, 6.45) is 1.53. The van der Waals surface area contributed by atoms with Gasteiger partial charge in [0.25, 0.3) is 5.91 Å². The van der Waals surface area contributed by atoms with Crippen molar-refractivity contribution in [3.8, 4) is 0 Å². The van der Waals surface area contributed by atoms with Crippen LogP contribution in [0.15, 0.2) is 46.8 Å². The van der Waals surface area contributed by atoms with Crippen molar-refractivity contribution in [3.05, 3.63) is 47.3 Å². The number of hydrogen-bond donors (Lipinski definition) is 5. The molecule has 2 aliphatic heterocycles. The Morgan fingerprint density at radius 2 is 2.09 bits per heavy atom. The van der Waals surface area contributed by atoms with Crippen molar-refractivity contribution >= 4 is 52.9 Å². The lowest BCUT2D eigenvalue weighted by atomic mass is 10.0. The van der Waals surface area contributed by atoms with Crippen molar-refractivity contribution in [1.82, 2.24) is 25.6 Å². The van der Waals surface area contributed by atoms with Crippen molar-refractivity contribution in [3.63, 3.8) is 0 Å². The molecule has 34 heavy (non-hydrogen) atoms. The highest BCUT2D eigenvalue weighted by atomic mass is 32.2. The lowest BCUT2D eigenvalue weighted by Gasteiger charge is -2.49. The minimum atomic E-state index is -1.20. The van der Waals surface area contributed by atoms with E-state index in [-0.39, 0.29) is 11.6 Å². The molecule has 0 bridgehead atoms. The van der Waals surface area contributed by atoms with E-state index in [2.05, 4.69) is 26.0 Å². The zero-order valence-electron chi connectivity index (χ0n) is 17.8. The van der Waals surface area contributed by atoms with E-state index in [9.17, 15) is 24.3 Å². The first-order valence-electron chi connectivity index (χ1n) is 10.1. The van der Waals surface area contributed by atoms with E-state index in [1.165, 1.54) is 41.5 Å². The van der Waals surface area contributed by atoms with Gasteiger partial charge in [0, 0.05) is 24.1 Å². The Balaban J connectivity index is 1.41. The molecule has 1 saturated heterocycles. The first kappa shape index (κ1) is 23.8. The van der Waals surface area contributed by atoms with Gasteiger partial charge in [-0.05, 0) is 23.3 Å². The lowest BCUT2D eigenvalue weighted by Crippen LogP contribution is -2.71. The standard InChI is InChI=1S/C20H21N7O5S2/c1-9(28)23-12-4-2-10(3-5-12)14(21)17(29)24-15-18(30)27-16(20(31)32)11(8-34-19(15)27)7-33-13-6-22-26-25-13/h2-6,14-15,19H,7-8,21H2,1H3,(H,23,28)(H,24,29)(H,31,32)(H,22,25,26)/t14?,15?,19-/m0/s1. The van der Waals surface area contributed by atoms with Crippen LogP contribution in [0.25, 0.3) is 0 Å². The monoisotopic (exact) mass is 503 g/mol. The summed E-state index contributed by atoms with van der Waals surface area (Å²) in [5.41, 5.74) is 7.67. The summed E-state index contributed by atoms with van der Waals surface area (Å²) in [4.78, 5) is 49.8. The van der Waals surface area contributed by atoms with Crippen LogP contribution in [0.5, 0.6) is 0 Å². The summed E-state index contributed by atoms with van der Waals surface area (Å²) >= 11 is 2.69. The zero-order chi connectivity index (χ0) is 24.4. The average Bonchev–Trinajstić information content (AvgIpc) is 3.33. The van der Waals surface area contributed by atoms with Crippen LogP contribution in [-0.4, -0.2) is 72.0 Å². The van der Waals surface area contributed by atoms with Gasteiger partial charge in [0.15, 0.2) is 0 Å². The van der Waals surface area contributed by atoms with Crippen LogP contribution in [0.1, 0.15) is 18.5 Å². The van der Waals surface area contributed by atoms with Gasteiger partial charge in [-0.3, -0.25) is 19.3 Å². The van der Waals surface area contributed by atoms with Crippen LogP contribution in [0.4, 0.5) is 5.69 Å². The van der Waals surface area contributed by atoms with Gasteiger partial charge in [0.1, 0.15) is 28.2 Å².